The fourth-order valence-electron chi connectivity index (χ4n) is 4.59. The summed E-state index contributed by atoms with van der Waals surface area (Å²) in [6.45, 7) is 1.66. The van der Waals surface area contributed by atoms with Crippen LogP contribution >= 0.6 is 0 Å². The van der Waals surface area contributed by atoms with Gasteiger partial charge in [0, 0.05) is 13.6 Å². The van der Waals surface area contributed by atoms with Gasteiger partial charge in [-0.25, -0.2) is 4.98 Å². The number of benzene rings is 1. The Labute approximate surface area is 148 Å². The first-order valence-corrected chi connectivity index (χ1v) is 9.49. The smallest absolute Gasteiger partial charge is 0.261 e. The summed E-state index contributed by atoms with van der Waals surface area (Å²) in [6, 6.07) is 7.68. The molecule has 1 atom stereocenters. The van der Waals surface area contributed by atoms with Gasteiger partial charge in [0.25, 0.3) is 5.56 Å². The zero-order valence-electron chi connectivity index (χ0n) is 14.9. The van der Waals surface area contributed by atoms with E-state index in [1.165, 1.54) is 6.42 Å². The number of rotatable bonds is 3. The van der Waals surface area contributed by atoms with Crippen LogP contribution in [0.5, 0.6) is 0 Å². The van der Waals surface area contributed by atoms with Crippen LogP contribution in [0, 0.1) is 0 Å². The van der Waals surface area contributed by atoms with Crippen LogP contribution in [-0.4, -0.2) is 38.2 Å². The molecule has 2 fully saturated rings. The molecule has 2 heterocycles. The average Bonchev–Trinajstić information content (AvgIpc) is 3.06. The van der Waals surface area contributed by atoms with Crippen molar-refractivity contribution in [3.05, 3.63) is 40.4 Å². The van der Waals surface area contributed by atoms with Crippen molar-refractivity contribution in [3.63, 3.8) is 0 Å². The van der Waals surface area contributed by atoms with E-state index in [0.717, 1.165) is 56.4 Å². The highest BCUT2D eigenvalue weighted by Gasteiger charge is 2.37. The monoisotopic (exact) mass is 341 g/mol. The van der Waals surface area contributed by atoms with Crippen LogP contribution in [0.1, 0.15) is 56.8 Å². The van der Waals surface area contributed by atoms with Gasteiger partial charge in [0.05, 0.1) is 22.5 Å². The molecule has 5 heteroatoms. The molecule has 1 saturated heterocycles. The maximum atomic E-state index is 12.7. The Morgan fingerprint density at radius 2 is 1.96 bits per heavy atom. The van der Waals surface area contributed by atoms with Crippen LogP contribution in [0.4, 0.5) is 0 Å². The Morgan fingerprint density at radius 1 is 1.20 bits per heavy atom. The molecule has 25 heavy (non-hydrogen) atoms. The van der Waals surface area contributed by atoms with E-state index in [1.54, 1.807) is 4.57 Å². The highest BCUT2D eigenvalue weighted by atomic mass is 16.3. The summed E-state index contributed by atoms with van der Waals surface area (Å²) in [5.74, 6) is 0.834. The second kappa shape index (κ2) is 6.54. The lowest BCUT2D eigenvalue weighted by Crippen LogP contribution is -2.45. The van der Waals surface area contributed by atoms with Gasteiger partial charge in [-0.05, 0) is 44.4 Å². The maximum absolute atomic E-state index is 12.7. The molecule has 1 unspecified atom stereocenters. The van der Waals surface area contributed by atoms with E-state index >= 15 is 0 Å². The largest absolute Gasteiger partial charge is 0.389 e. The Kier molecular flexibility index (Phi) is 4.38. The number of nitrogens with zero attached hydrogens (tertiary/aromatic N) is 3. The van der Waals surface area contributed by atoms with E-state index < -0.39 is 5.60 Å². The Balaban J connectivity index is 1.67. The number of hydrogen-bond acceptors (Lipinski definition) is 4. The molecule has 1 aliphatic carbocycles. The molecule has 1 saturated carbocycles. The highest BCUT2D eigenvalue weighted by Crippen LogP contribution is 2.36. The zero-order chi connectivity index (χ0) is 17.4. The molecule has 0 bridgehead atoms. The quantitative estimate of drug-likeness (QED) is 0.933. The van der Waals surface area contributed by atoms with Crippen molar-refractivity contribution in [2.75, 3.05) is 13.1 Å². The lowest BCUT2D eigenvalue weighted by Gasteiger charge is -2.37. The van der Waals surface area contributed by atoms with Gasteiger partial charge in [0.2, 0.25) is 0 Å². The first-order chi connectivity index (χ1) is 12.1. The van der Waals surface area contributed by atoms with Crippen LogP contribution in [0.25, 0.3) is 10.9 Å². The van der Waals surface area contributed by atoms with Crippen molar-refractivity contribution in [1.82, 2.24) is 14.5 Å². The fourth-order valence-corrected chi connectivity index (χ4v) is 4.59. The molecule has 2 aromatic rings. The number of aliphatic hydroxyl groups is 1. The number of aromatic nitrogens is 2. The van der Waals surface area contributed by atoms with Crippen molar-refractivity contribution in [2.24, 2.45) is 7.05 Å². The fraction of sp³-hybridized carbons (Fsp3) is 0.600. The molecule has 1 aromatic heterocycles. The van der Waals surface area contributed by atoms with E-state index in [2.05, 4.69) is 4.90 Å². The Morgan fingerprint density at radius 3 is 2.76 bits per heavy atom. The summed E-state index contributed by atoms with van der Waals surface area (Å²) in [5.41, 5.74) is 0.212. The van der Waals surface area contributed by atoms with Crippen LogP contribution < -0.4 is 5.56 Å². The number of para-hydroxylation sites is 1. The first-order valence-electron chi connectivity index (χ1n) is 9.49. The average molecular weight is 341 g/mol. The van der Waals surface area contributed by atoms with Crippen molar-refractivity contribution < 1.29 is 5.11 Å². The number of β-amino-alcohol motifs (C(OH)–C–C–N with tert-alkyl or cyclic N) is 1. The van der Waals surface area contributed by atoms with Crippen LogP contribution in [0.15, 0.2) is 29.1 Å². The molecule has 4 rings (SSSR count). The Hall–Kier alpha value is -1.72. The third-order valence-electron chi connectivity index (χ3n) is 5.96. The molecular weight excluding hydrogens is 314 g/mol. The minimum Gasteiger partial charge on any atom is -0.389 e. The van der Waals surface area contributed by atoms with Gasteiger partial charge in [0.1, 0.15) is 5.82 Å². The molecule has 1 aromatic carbocycles. The van der Waals surface area contributed by atoms with E-state index in [-0.39, 0.29) is 11.6 Å². The molecule has 1 aliphatic heterocycles. The van der Waals surface area contributed by atoms with Crippen LogP contribution in [0.3, 0.4) is 0 Å². The lowest BCUT2D eigenvalue weighted by molar-refractivity contribution is -0.0301. The molecular formula is C20H27N3O2. The minimum absolute atomic E-state index is 0.0174. The summed E-state index contributed by atoms with van der Waals surface area (Å²) < 4.78 is 1.70. The summed E-state index contributed by atoms with van der Waals surface area (Å²) in [5, 5.41) is 11.6. The van der Waals surface area contributed by atoms with Crippen LogP contribution in [0.2, 0.25) is 0 Å². The van der Waals surface area contributed by atoms with Crippen molar-refractivity contribution >= 4 is 10.9 Å². The molecule has 0 spiro atoms. The van der Waals surface area contributed by atoms with Gasteiger partial charge in [-0.2, -0.15) is 0 Å². The van der Waals surface area contributed by atoms with Crippen LogP contribution in [-0.2, 0) is 7.05 Å². The van der Waals surface area contributed by atoms with Gasteiger partial charge < -0.3 is 5.11 Å². The number of hydrogen-bond donors (Lipinski definition) is 1. The standard InChI is InChI=1S/C20H27N3O2/c1-22-18(21-16-9-4-3-8-15(16)19(22)24)17-10-7-13-23(17)14-20(25)11-5-2-6-12-20/h3-4,8-9,17,25H,2,5-7,10-14H2,1H3. The number of likely N-dealkylation sites (tertiary alicyclic amines) is 1. The van der Waals surface area contributed by atoms with E-state index in [1.807, 2.05) is 31.3 Å². The molecule has 1 N–H and O–H groups in total. The number of fused-ring (bicyclic) bond motifs is 1. The highest BCUT2D eigenvalue weighted by molar-refractivity contribution is 5.77. The second-order valence-electron chi connectivity index (χ2n) is 7.76. The summed E-state index contributed by atoms with van der Waals surface area (Å²) in [7, 11) is 1.82. The third kappa shape index (κ3) is 3.11. The molecule has 0 amide bonds. The minimum atomic E-state index is -0.573. The summed E-state index contributed by atoms with van der Waals surface area (Å²) in [4.78, 5) is 19.9. The zero-order valence-corrected chi connectivity index (χ0v) is 14.9. The maximum Gasteiger partial charge on any atom is 0.261 e. The SMILES string of the molecule is Cn1c(C2CCCN2CC2(O)CCCCC2)nc2ccccc2c1=O. The predicted octanol–water partition coefficient (Wildman–Crippen LogP) is 2.77. The van der Waals surface area contributed by atoms with Crippen molar-refractivity contribution in [3.8, 4) is 0 Å². The van der Waals surface area contributed by atoms with Gasteiger partial charge in [0.15, 0.2) is 0 Å². The van der Waals surface area contributed by atoms with Crippen molar-refractivity contribution in [1.29, 1.82) is 0 Å². The van der Waals surface area contributed by atoms with E-state index in [9.17, 15) is 9.90 Å². The summed E-state index contributed by atoms with van der Waals surface area (Å²) >= 11 is 0. The topological polar surface area (TPSA) is 58.4 Å². The Bertz CT molecular complexity index is 823. The first kappa shape index (κ1) is 16.7. The van der Waals surface area contributed by atoms with E-state index in [0.29, 0.717) is 11.9 Å². The van der Waals surface area contributed by atoms with E-state index in [4.69, 9.17) is 4.98 Å². The molecule has 2 aliphatic rings. The van der Waals surface area contributed by atoms with Gasteiger partial charge in [-0.3, -0.25) is 14.3 Å². The third-order valence-corrected chi connectivity index (χ3v) is 5.96. The lowest BCUT2D eigenvalue weighted by atomic mass is 9.84. The van der Waals surface area contributed by atoms with Gasteiger partial charge in [-0.1, -0.05) is 31.4 Å². The molecule has 134 valence electrons. The van der Waals surface area contributed by atoms with Gasteiger partial charge >= 0.3 is 0 Å². The summed E-state index contributed by atoms with van der Waals surface area (Å²) in [6.07, 6.45) is 7.31. The van der Waals surface area contributed by atoms with Gasteiger partial charge in [-0.15, -0.1) is 0 Å². The second-order valence-corrected chi connectivity index (χ2v) is 7.76. The van der Waals surface area contributed by atoms with Crippen molar-refractivity contribution in [2.45, 2.75) is 56.6 Å². The predicted molar refractivity (Wildman–Crippen MR) is 98.6 cm³/mol. The normalized spacial score (nSPS) is 24.0. The molecule has 5 nitrogen and oxygen atoms in total. The molecule has 0 radical (unpaired) electrons.